The molecule has 0 saturated carbocycles. The average molecular weight is 495 g/mol. The molecule has 1 N–H and O–H groups in total. The molecule has 1 aromatic heterocycles. The minimum Gasteiger partial charge on any atom is -0.493 e. The first-order valence-corrected chi connectivity index (χ1v) is 12.7. The summed E-state index contributed by atoms with van der Waals surface area (Å²) in [5.41, 5.74) is 3.21. The minimum absolute atomic E-state index is 0.0514. The lowest BCUT2D eigenvalue weighted by Crippen LogP contribution is -2.23. The number of hydrogen-bond donors (Lipinski definition) is 1. The molecule has 3 aromatic rings. The average Bonchev–Trinajstić information content (AvgIpc) is 2.87. The van der Waals surface area contributed by atoms with Crippen molar-refractivity contribution in [2.75, 3.05) is 19.5 Å². The molecule has 0 aliphatic heterocycles. The quantitative estimate of drug-likeness (QED) is 0.275. The van der Waals surface area contributed by atoms with Crippen LogP contribution in [0.1, 0.15) is 63.5 Å². The van der Waals surface area contributed by atoms with Gasteiger partial charge in [0.15, 0.2) is 11.5 Å². The summed E-state index contributed by atoms with van der Waals surface area (Å²) >= 11 is 0. The van der Waals surface area contributed by atoms with Crippen molar-refractivity contribution in [3.8, 4) is 23.0 Å². The third-order valence-corrected chi connectivity index (χ3v) is 6.22. The molecule has 3 rings (SSSR count). The predicted octanol–water partition coefficient (Wildman–Crippen LogP) is 7.96. The van der Waals surface area contributed by atoms with Crippen LogP contribution in [0, 0.1) is 13.8 Å². The fourth-order valence-electron chi connectivity index (χ4n) is 4.11. The van der Waals surface area contributed by atoms with Gasteiger partial charge >= 0.3 is 6.09 Å². The van der Waals surface area contributed by atoms with E-state index < -0.39 is 6.09 Å². The number of anilines is 1. The van der Waals surface area contributed by atoms with Crippen LogP contribution < -0.4 is 19.5 Å². The van der Waals surface area contributed by atoms with Crippen LogP contribution in [0.5, 0.6) is 23.0 Å². The van der Waals surface area contributed by atoms with Crippen LogP contribution in [-0.2, 0) is 4.74 Å². The Morgan fingerprint density at radius 3 is 2.19 bits per heavy atom. The van der Waals surface area contributed by atoms with Gasteiger partial charge in [0.1, 0.15) is 17.6 Å². The topological polar surface area (TPSA) is 78.9 Å². The summed E-state index contributed by atoms with van der Waals surface area (Å²) in [4.78, 5) is 17.1. The first-order valence-electron chi connectivity index (χ1n) is 12.7. The number of methoxy groups -OCH3 is 2. The molecule has 2 aromatic carbocycles. The van der Waals surface area contributed by atoms with Crippen molar-refractivity contribution < 1.29 is 23.7 Å². The van der Waals surface area contributed by atoms with Gasteiger partial charge in [-0.25, -0.2) is 4.79 Å². The highest BCUT2D eigenvalue weighted by molar-refractivity contribution is 5.89. The first kappa shape index (κ1) is 27.1. The van der Waals surface area contributed by atoms with Crippen LogP contribution in [0.15, 0.2) is 36.5 Å². The zero-order chi connectivity index (χ0) is 26.1. The van der Waals surface area contributed by atoms with E-state index in [4.69, 9.17) is 18.9 Å². The zero-order valence-electron chi connectivity index (χ0n) is 22.3. The molecule has 7 nitrogen and oxygen atoms in total. The number of ether oxygens (including phenoxy) is 4. The van der Waals surface area contributed by atoms with Gasteiger partial charge in [0, 0.05) is 23.3 Å². The van der Waals surface area contributed by atoms with E-state index in [-0.39, 0.29) is 6.10 Å². The van der Waals surface area contributed by atoms with Crippen LogP contribution in [0.2, 0.25) is 0 Å². The van der Waals surface area contributed by atoms with Gasteiger partial charge in [-0.1, -0.05) is 39.5 Å². The Morgan fingerprint density at radius 2 is 1.56 bits per heavy atom. The standard InChI is InChI=1S/C29H38N2O5/c1-7-9-11-21(12-10-8-2)35-29(32)31-23-15-20(4)26(16-19(23)3)36-25-13-14-30-24-18-28(34-6)27(33-5)17-22(24)25/h13-18,21H,7-12H2,1-6H3,(H,31,32). The van der Waals surface area contributed by atoms with Crippen molar-refractivity contribution in [1.82, 2.24) is 4.98 Å². The summed E-state index contributed by atoms with van der Waals surface area (Å²) in [5.74, 6) is 2.55. The molecule has 7 heteroatoms. The molecule has 1 heterocycles. The van der Waals surface area contributed by atoms with E-state index in [1.807, 2.05) is 44.2 Å². The van der Waals surface area contributed by atoms with Crippen LogP contribution >= 0.6 is 0 Å². The number of unbranched alkanes of at least 4 members (excludes halogenated alkanes) is 2. The maximum atomic E-state index is 12.7. The van der Waals surface area contributed by atoms with E-state index in [0.29, 0.717) is 28.7 Å². The fourth-order valence-corrected chi connectivity index (χ4v) is 4.11. The van der Waals surface area contributed by atoms with Crippen LogP contribution in [0.4, 0.5) is 10.5 Å². The minimum atomic E-state index is -0.412. The number of amides is 1. The van der Waals surface area contributed by atoms with Crippen LogP contribution in [-0.4, -0.2) is 31.4 Å². The molecule has 0 saturated heterocycles. The second-order valence-corrected chi connectivity index (χ2v) is 9.00. The van der Waals surface area contributed by atoms with E-state index in [1.165, 1.54) is 0 Å². The maximum absolute atomic E-state index is 12.7. The SMILES string of the molecule is CCCCC(CCCC)OC(=O)Nc1cc(C)c(Oc2ccnc3cc(OC)c(OC)cc23)cc1C. The van der Waals surface area contributed by atoms with Crippen molar-refractivity contribution in [2.24, 2.45) is 0 Å². The summed E-state index contributed by atoms with van der Waals surface area (Å²) in [6.07, 6.45) is 7.29. The van der Waals surface area contributed by atoms with Gasteiger partial charge < -0.3 is 18.9 Å². The number of fused-ring (bicyclic) bond motifs is 1. The number of rotatable bonds is 12. The van der Waals surface area contributed by atoms with Gasteiger partial charge in [0.05, 0.1) is 19.7 Å². The lowest BCUT2D eigenvalue weighted by atomic mass is 10.1. The normalized spacial score (nSPS) is 11.0. The third-order valence-electron chi connectivity index (χ3n) is 6.22. The van der Waals surface area contributed by atoms with Crippen LogP contribution in [0.25, 0.3) is 10.9 Å². The van der Waals surface area contributed by atoms with Gasteiger partial charge in [-0.15, -0.1) is 0 Å². The molecule has 0 bridgehead atoms. The molecule has 0 aliphatic carbocycles. The molecular weight excluding hydrogens is 456 g/mol. The molecule has 0 fully saturated rings. The number of carbonyl (C=O) groups is 1. The summed E-state index contributed by atoms with van der Waals surface area (Å²) in [5, 5.41) is 3.73. The summed E-state index contributed by atoms with van der Waals surface area (Å²) in [6.45, 7) is 8.18. The fraction of sp³-hybridized carbons (Fsp3) is 0.448. The highest BCUT2D eigenvalue weighted by atomic mass is 16.6. The van der Waals surface area contributed by atoms with Crippen molar-refractivity contribution in [2.45, 2.75) is 72.3 Å². The van der Waals surface area contributed by atoms with E-state index in [0.717, 1.165) is 60.6 Å². The molecular formula is C29H38N2O5. The third kappa shape index (κ3) is 6.80. The van der Waals surface area contributed by atoms with Crippen LogP contribution in [0.3, 0.4) is 0 Å². The molecule has 0 aliphatic rings. The summed E-state index contributed by atoms with van der Waals surface area (Å²) in [6, 6.07) is 9.33. The second-order valence-electron chi connectivity index (χ2n) is 9.00. The molecule has 0 unspecified atom stereocenters. The van der Waals surface area contributed by atoms with Crippen molar-refractivity contribution in [3.05, 3.63) is 47.7 Å². The monoisotopic (exact) mass is 494 g/mol. The number of hydrogen-bond acceptors (Lipinski definition) is 6. The summed E-state index contributed by atoms with van der Waals surface area (Å²) < 4.78 is 22.9. The first-order chi connectivity index (χ1) is 17.4. The largest absolute Gasteiger partial charge is 0.493 e. The zero-order valence-corrected chi connectivity index (χ0v) is 22.3. The van der Waals surface area contributed by atoms with Gasteiger partial charge in [-0.3, -0.25) is 10.3 Å². The van der Waals surface area contributed by atoms with Crippen molar-refractivity contribution in [1.29, 1.82) is 0 Å². The van der Waals surface area contributed by atoms with E-state index in [2.05, 4.69) is 24.1 Å². The van der Waals surface area contributed by atoms with E-state index in [1.54, 1.807) is 20.4 Å². The Labute approximate surface area is 214 Å². The van der Waals surface area contributed by atoms with Crippen molar-refractivity contribution >= 4 is 22.7 Å². The maximum Gasteiger partial charge on any atom is 0.411 e. The smallest absolute Gasteiger partial charge is 0.411 e. The molecule has 0 spiro atoms. The Kier molecular flexibility index (Phi) is 9.79. The Morgan fingerprint density at radius 1 is 0.889 bits per heavy atom. The highest BCUT2D eigenvalue weighted by Gasteiger charge is 2.17. The molecule has 0 radical (unpaired) electrons. The second kappa shape index (κ2) is 13.0. The number of nitrogens with one attached hydrogen (secondary N) is 1. The Balaban J connectivity index is 1.78. The molecule has 0 atom stereocenters. The van der Waals surface area contributed by atoms with Gasteiger partial charge in [-0.05, 0) is 62.1 Å². The Bertz CT molecular complexity index is 1170. The highest BCUT2D eigenvalue weighted by Crippen LogP contribution is 2.38. The lowest BCUT2D eigenvalue weighted by molar-refractivity contribution is 0.0967. The summed E-state index contributed by atoms with van der Waals surface area (Å²) in [7, 11) is 3.19. The number of nitrogens with zero attached hydrogens (tertiary/aromatic N) is 1. The van der Waals surface area contributed by atoms with Gasteiger partial charge in [-0.2, -0.15) is 0 Å². The Hall–Kier alpha value is -3.48. The molecule has 36 heavy (non-hydrogen) atoms. The number of benzene rings is 2. The predicted molar refractivity (Wildman–Crippen MR) is 144 cm³/mol. The number of aromatic nitrogens is 1. The molecule has 194 valence electrons. The van der Waals surface area contributed by atoms with Gasteiger partial charge in [0.25, 0.3) is 0 Å². The number of carbonyl (C=O) groups excluding carboxylic acids is 1. The van der Waals surface area contributed by atoms with E-state index in [9.17, 15) is 4.79 Å². The molecule has 1 amide bonds. The van der Waals surface area contributed by atoms with E-state index >= 15 is 0 Å². The number of aryl methyl sites for hydroxylation is 2. The number of pyridine rings is 1. The lowest BCUT2D eigenvalue weighted by Gasteiger charge is -2.19. The van der Waals surface area contributed by atoms with Gasteiger partial charge in [0.2, 0.25) is 0 Å². The van der Waals surface area contributed by atoms with Crippen molar-refractivity contribution in [3.63, 3.8) is 0 Å².